The van der Waals surface area contributed by atoms with Gasteiger partial charge < -0.3 is 4.42 Å². The van der Waals surface area contributed by atoms with Crippen molar-refractivity contribution >= 4 is 11.0 Å². The summed E-state index contributed by atoms with van der Waals surface area (Å²) in [6.45, 7) is 6.56. The Morgan fingerprint density at radius 3 is 2.27 bits per heavy atom. The van der Waals surface area contributed by atoms with E-state index in [1.165, 1.54) is 22.1 Å². The molecule has 2 aromatic rings. The van der Waals surface area contributed by atoms with E-state index in [-0.39, 0.29) is 0 Å². The van der Waals surface area contributed by atoms with E-state index in [0.717, 1.165) is 24.8 Å². The van der Waals surface area contributed by atoms with E-state index in [9.17, 15) is 0 Å². The molecule has 0 amide bonds. The maximum atomic E-state index is 5.66. The minimum absolute atomic E-state index is 1.04. The van der Waals surface area contributed by atoms with Crippen molar-refractivity contribution in [1.29, 1.82) is 0 Å². The number of hydrogen-bond acceptors (Lipinski definition) is 1. The summed E-state index contributed by atoms with van der Waals surface area (Å²) >= 11 is 0. The Balaban J connectivity index is 2.71. The van der Waals surface area contributed by atoms with Gasteiger partial charge in [0.1, 0.15) is 5.58 Å². The molecule has 0 N–H and O–H groups in total. The molecular formula is C14H18O. The van der Waals surface area contributed by atoms with E-state index in [1.807, 2.05) is 6.26 Å². The summed E-state index contributed by atoms with van der Waals surface area (Å²) in [5.41, 5.74) is 5.17. The predicted molar refractivity (Wildman–Crippen MR) is 64.3 cm³/mol. The molecule has 1 heterocycles. The van der Waals surface area contributed by atoms with Crippen LogP contribution in [0.4, 0.5) is 0 Å². The molecule has 0 radical (unpaired) electrons. The highest BCUT2D eigenvalue weighted by Crippen LogP contribution is 2.27. The summed E-state index contributed by atoms with van der Waals surface area (Å²) in [6.07, 6.45) is 5.09. The fourth-order valence-electron chi connectivity index (χ4n) is 2.07. The Morgan fingerprint density at radius 2 is 1.67 bits per heavy atom. The van der Waals surface area contributed by atoms with Crippen molar-refractivity contribution in [3.05, 3.63) is 35.1 Å². The van der Waals surface area contributed by atoms with Gasteiger partial charge in [-0.25, -0.2) is 0 Å². The van der Waals surface area contributed by atoms with Gasteiger partial charge >= 0.3 is 0 Å². The molecule has 0 atom stereocenters. The van der Waals surface area contributed by atoms with Crippen LogP contribution < -0.4 is 0 Å². The minimum Gasteiger partial charge on any atom is -0.464 e. The van der Waals surface area contributed by atoms with Crippen molar-refractivity contribution in [3.63, 3.8) is 0 Å². The number of fused-ring (bicyclic) bond motifs is 1. The minimum atomic E-state index is 1.04. The Labute approximate surface area is 91.1 Å². The highest BCUT2D eigenvalue weighted by Gasteiger charge is 2.09. The van der Waals surface area contributed by atoms with E-state index in [4.69, 9.17) is 4.42 Å². The molecule has 0 saturated carbocycles. The molecule has 0 unspecified atom stereocenters. The lowest BCUT2D eigenvalue weighted by atomic mass is 10.0. The monoisotopic (exact) mass is 202 g/mol. The van der Waals surface area contributed by atoms with Gasteiger partial charge in [0.2, 0.25) is 0 Å². The molecule has 1 nitrogen and oxygen atoms in total. The van der Waals surface area contributed by atoms with Gasteiger partial charge in [0, 0.05) is 5.39 Å². The fourth-order valence-corrected chi connectivity index (χ4v) is 2.07. The van der Waals surface area contributed by atoms with Crippen molar-refractivity contribution in [2.45, 2.75) is 40.0 Å². The normalized spacial score (nSPS) is 11.1. The SMILES string of the molecule is CCc1cc(CC)c2occ(CC)c2c1. The predicted octanol–water partition coefficient (Wildman–Crippen LogP) is 4.12. The molecular weight excluding hydrogens is 184 g/mol. The maximum Gasteiger partial charge on any atom is 0.137 e. The van der Waals surface area contributed by atoms with Crippen LogP contribution in [-0.2, 0) is 19.3 Å². The summed E-state index contributed by atoms with van der Waals surface area (Å²) in [5.74, 6) is 0. The van der Waals surface area contributed by atoms with Crippen LogP contribution in [0.15, 0.2) is 22.8 Å². The molecule has 80 valence electrons. The average Bonchev–Trinajstić information content (AvgIpc) is 2.70. The number of benzene rings is 1. The Bertz CT molecular complexity index is 465. The van der Waals surface area contributed by atoms with E-state index in [0.29, 0.717) is 0 Å². The third kappa shape index (κ3) is 1.67. The largest absolute Gasteiger partial charge is 0.464 e. The zero-order valence-corrected chi connectivity index (χ0v) is 9.76. The van der Waals surface area contributed by atoms with Gasteiger partial charge in [0.15, 0.2) is 0 Å². The van der Waals surface area contributed by atoms with Gasteiger partial charge in [-0.05, 0) is 42.0 Å². The van der Waals surface area contributed by atoms with Crippen LogP contribution in [0.2, 0.25) is 0 Å². The highest BCUT2D eigenvalue weighted by atomic mass is 16.3. The second-order valence-electron chi connectivity index (χ2n) is 3.95. The summed E-state index contributed by atoms with van der Waals surface area (Å²) < 4.78 is 5.66. The van der Waals surface area contributed by atoms with Crippen molar-refractivity contribution in [3.8, 4) is 0 Å². The van der Waals surface area contributed by atoms with Crippen LogP contribution in [0.25, 0.3) is 11.0 Å². The molecule has 0 saturated heterocycles. The van der Waals surface area contributed by atoms with Crippen molar-refractivity contribution in [1.82, 2.24) is 0 Å². The smallest absolute Gasteiger partial charge is 0.137 e. The van der Waals surface area contributed by atoms with E-state index < -0.39 is 0 Å². The van der Waals surface area contributed by atoms with Gasteiger partial charge in [0.25, 0.3) is 0 Å². The van der Waals surface area contributed by atoms with E-state index >= 15 is 0 Å². The van der Waals surface area contributed by atoms with Crippen molar-refractivity contribution in [2.24, 2.45) is 0 Å². The zero-order valence-electron chi connectivity index (χ0n) is 9.76. The van der Waals surface area contributed by atoms with Gasteiger partial charge in [-0.3, -0.25) is 0 Å². The Morgan fingerprint density at radius 1 is 0.933 bits per heavy atom. The quantitative estimate of drug-likeness (QED) is 0.729. The average molecular weight is 202 g/mol. The van der Waals surface area contributed by atoms with Crippen LogP contribution in [-0.4, -0.2) is 0 Å². The third-order valence-electron chi connectivity index (χ3n) is 3.06. The number of furan rings is 1. The van der Waals surface area contributed by atoms with Crippen molar-refractivity contribution in [2.75, 3.05) is 0 Å². The second kappa shape index (κ2) is 4.09. The molecule has 0 aliphatic heterocycles. The number of aryl methyl sites for hydroxylation is 3. The first-order valence-corrected chi connectivity index (χ1v) is 5.82. The van der Waals surface area contributed by atoms with Gasteiger partial charge in [-0.2, -0.15) is 0 Å². The summed E-state index contributed by atoms with van der Waals surface area (Å²) in [4.78, 5) is 0. The molecule has 0 aliphatic carbocycles. The summed E-state index contributed by atoms with van der Waals surface area (Å²) in [5, 5.41) is 1.31. The highest BCUT2D eigenvalue weighted by molar-refractivity contribution is 5.84. The summed E-state index contributed by atoms with van der Waals surface area (Å²) in [7, 11) is 0. The van der Waals surface area contributed by atoms with Gasteiger partial charge in [0.05, 0.1) is 6.26 Å². The van der Waals surface area contributed by atoms with Crippen molar-refractivity contribution < 1.29 is 4.42 Å². The maximum absolute atomic E-state index is 5.66. The Kier molecular flexibility index (Phi) is 2.81. The first-order valence-electron chi connectivity index (χ1n) is 5.82. The first-order chi connectivity index (χ1) is 7.30. The molecule has 0 aliphatic rings. The fraction of sp³-hybridized carbons (Fsp3) is 0.429. The lowest BCUT2D eigenvalue weighted by molar-refractivity contribution is 0.607. The molecule has 1 aromatic heterocycles. The first kappa shape index (κ1) is 10.3. The third-order valence-corrected chi connectivity index (χ3v) is 3.06. The molecule has 1 heteroatoms. The number of hydrogen-bond donors (Lipinski definition) is 0. The van der Waals surface area contributed by atoms with Gasteiger partial charge in [-0.15, -0.1) is 0 Å². The molecule has 0 spiro atoms. The molecule has 1 aromatic carbocycles. The Hall–Kier alpha value is -1.24. The standard InChI is InChI=1S/C14H18O/c1-4-10-7-11(5-2)14-13(8-10)12(6-3)9-15-14/h7-9H,4-6H2,1-3H3. The zero-order chi connectivity index (χ0) is 10.8. The summed E-state index contributed by atoms with van der Waals surface area (Å²) in [6, 6.07) is 4.54. The van der Waals surface area contributed by atoms with Crippen LogP contribution in [0, 0.1) is 0 Å². The molecule has 0 fully saturated rings. The van der Waals surface area contributed by atoms with Crippen LogP contribution >= 0.6 is 0 Å². The second-order valence-corrected chi connectivity index (χ2v) is 3.95. The molecule has 15 heavy (non-hydrogen) atoms. The van der Waals surface area contributed by atoms with E-state index in [1.54, 1.807) is 0 Å². The van der Waals surface area contributed by atoms with E-state index in [2.05, 4.69) is 32.9 Å². The van der Waals surface area contributed by atoms with Crippen LogP contribution in [0.1, 0.15) is 37.5 Å². The van der Waals surface area contributed by atoms with Crippen LogP contribution in [0.3, 0.4) is 0 Å². The topological polar surface area (TPSA) is 13.1 Å². The molecule has 0 bridgehead atoms. The molecule has 2 rings (SSSR count). The van der Waals surface area contributed by atoms with Gasteiger partial charge in [-0.1, -0.05) is 26.8 Å². The van der Waals surface area contributed by atoms with Crippen LogP contribution in [0.5, 0.6) is 0 Å². The lowest BCUT2D eigenvalue weighted by Gasteiger charge is -2.03. The lowest BCUT2D eigenvalue weighted by Crippen LogP contribution is -1.87. The number of rotatable bonds is 3.